The van der Waals surface area contributed by atoms with Gasteiger partial charge in [-0.15, -0.1) is 0 Å². The fourth-order valence-electron chi connectivity index (χ4n) is 2.82. The summed E-state index contributed by atoms with van der Waals surface area (Å²) in [7, 11) is -2.65. The number of carbonyl (C=O) groups excluding carboxylic acids is 1. The Hall–Kier alpha value is -2.09. The van der Waals surface area contributed by atoms with Gasteiger partial charge in [-0.3, -0.25) is 4.79 Å². The van der Waals surface area contributed by atoms with Crippen LogP contribution in [0, 0.1) is 0 Å². The van der Waals surface area contributed by atoms with E-state index in [0.29, 0.717) is 29.6 Å². The molecule has 0 fully saturated rings. The van der Waals surface area contributed by atoms with Crippen LogP contribution in [-0.2, 0) is 26.0 Å². The Morgan fingerprint density at radius 2 is 1.93 bits per heavy atom. The number of ether oxygens (including phenoxy) is 1. The molecule has 0 bridgehead atoms. The summed E-state index contributed by atoms with van der Waals surface area (Å²) >= 11 is 12.1. The number of aryl methyl sites for hydroxylation is 1. The van der Waals surface area contributed by atoms with Crippen LogP contribution in [0.4, 0.5) is 0 Å². The van der Waals surface area contributed by atoms with Crippen molar-refractivity contribution in [3.63, 3.8) is 0 Å². The second kappa shape index (κ2) is 7.88. The predicted octanol–water partition coefficient (Wildman–Crippen LogP) is 4.08. The molecule has 0 aliphatic carbocycles. The highest BCUT2D eigenvalue weighted by molar-refractivity contribution is 7.90. The van der Waals surface area contributed by atoms with Crippen molar-refractivity contribution in [3.8, 4) is 0 Å². The second-order valence-corrected chi connectivity index (χ2v) is 8.35. The molecule has 2 heterocycles. The molecule has 0 N–H and O–H groups in total. The number of aromatic nitrogens is 2. The Balaban J connectivity index is 2.13. The molecule has 0 atom stereocenters. The summed E-state index contributed by atoms with van der Waals surface area (Å²) in [5, 5.41) is 0.387. The largest absolute Gasteiger partial charge is 0.469 e. The fourth-order valence-corrected chi connectivity index (χ4v) is 5.03. The van der Waals surface area contributed by atoms with Gasteiger partial charge in [0.15, 0.2) is 0 Å². The monoisotopic (exact) mass is 426 g/mol. The van der Waals surface area contributed by atoms with E-state index in [1.54, 1.807) is 24.3 Å². The van der Waals surface area contributed by atoms with E-state index < -0.39 is 10.0 Å². The number of rotatable bonds is 6. The third-order valence-corrected chi connectivity index (χ3v) is 6.52. The van der Waals surface area contributed by atoms with E-state index in [4.69, 9.17) is 23.2 Å². The first-order chi connectivity index (χ1) is 12.8. The topological polar surface area (TPSA) is 78.3 Å². The Morgan fingerprint density at radius 3 is 2.63 bits per heavy atom. The van der Waals surface area contributed by atoms with Gasteiger partial charge in [0, 0.05) is 12.1 Å². The number of hydrogen-bond donors (Lipinski definition) is 0. The average molecular weight is 427 g/mol. The van der Waals surface area contributed by atoms with Crippen molar-refractivity contribution >= 4 is 50.2 Å². The van der Waals surface area contributed by atoms with Gasteiger partial charge in [0.25, 0.3) is 10.0 Å². The van der Waals surface area contributed by atoms with Crippen molar-refractivity contribution in [2.45, 2.75) is 24.2 Å². The van der Waals surface area contributed by atoms with Gasteiger partial charge in [-0.1, -0.05) is 35.3 Å². The van der Waals surface area contributed by atoms with Gasteiger partial charge in [-0.2, -0.15) is 0 Å². The fraction of sp³-hybridized carbons (Fsp3) is 0.222. The van der Waals surface area contributed by atoms with Crippen LogP contribution in [0.25, 0.3) is 11.0 Å². The molecule has 6 nitrogen and oxygen atoms in total. The number of pyridine rings is 1. The van der Waals surface area contributed by atoms with Crippen molar-refractivity contribution < 1.29 is 17.9 Å². The Labute approximate surface area is 166 Å². The van der Waals surface area contributed by atoms with E-state index in [-0.39, 0.29) is 27.5 Å². The minimum atomic E-state index is -3.97. The molecule has 0 aliphatic heterocycles. The van der Waals surface area contributed by atoms with Crippen molar-refractivity contribution in [1.82, 2.24) is 8.96 Å². The lowest BCUT2D eigenvalue weighted by Crippen LogP contribution is -2.16. The molecule has 3 rings (SSSR count). The molecule has 0 aliphatic rings. The van der Waals surface area contributed by atoms with Crippen LogP contribution in [0.3, 0.4) is 0 Å². The van der Waals surface area contributed by atoms with E-state index in [9.17, 15) is 13.2 Å². The lowest BCUT2D eigenvalue weighted by molar-refractivity contribution is -0.140. The third-order valence-electron chi connectivity index (χ3n) is 4.05. The number of carbonyl (C=O) groups is 1. The van der Waals surface area contributed by atoms with Crippen molar-refractivity contribution in [2.24, 2.45) is 0 Å². The SMILES string of the molecule is COC(=O)CCCc1cc2nc(Cl)ccc2n1S(=O)(=O)c1ccccc1Cl. The van der Waals surface area contributed by atoms with E-state index in [0.717, 1.165) is 0 Å². The summed E-state index contributed by atoms with van der Waals surface area (Å²) in [6, 6.07) is 11.0. The zero-order valence-electron chi connectivity index (χ0n) is 14.4. The minimum Gasteiger partial charge on any atom is -0.469 e. The molecule has 0 saturated carbocycles. The van der Waals surface area contributed by atoms with E-state index in [1.165, 1.54) is 29.3 Å². The first-order valence-corrected chi connectivity index (χ1v) is 10.3. The Morgan fingerprint density at radius 1 is 1.19 bits per heavy atom. The van der Waals surface area contributed by atoms with Crippen LogP contribution in [0.1, 0.15) is 18.5 Å². The molecule has 1 aromatic carbocycles. The van der Waals surface area contributed by atoms with Crippen LogP contribution in [0.15, 0.2) is 47.4 Å². The van der Waals surface area contributed by atoms with Gasteiger partial charge in [0.1, 0.15) is 10.0 Å². The number of fused-ring (bicyclic) bond motifs is 1. The Bertz CT molecular complexity index is 1110. The van der Waals surface area contributed by atoms with Crippen molar-refractivity contribution in [3.05, 3.63) is 58.3 Å². The first kappa shape index (κ1) is 19.7. The summed E-state index contributed by atoms with van der Waals surface area (Å²) in [5.74, 6) is -0.354. The van der Waals surface area contributed by atoms with E-state index >= 15 is 0 Å². The highest BCUT2D eigenvalue weighted by Crippen LogP contribution is 2.30. The molecular formula is C18H16Cl2N2O4S. The Kier molecular flexibility index (Phi) is 5.74. The quantitative estimate of drug-likeness (QED) is 0.438. The zero-order valence-corrected chi connectivity index (χ0v) is 16.7. The predicted molar refractivity (Wildman–Crippen MR) is 104 cm³/mol. The normalized spacial score (nSPS) is 11.7. The number of methoxy groups -OCH3 is 1. The lowest BCUT2D eigenvalue weighted by Gasteiger charge is -2.13. The molecular weight excluding hydrogens is 411 g/mol. The zero-order chi connectivity index (χ0) is 19.6. The maximum absolute atomic E-state index is 13.3. The molecule has 0 saturated heterocycles. The summed E-state index contributed by atoms with van der Waals surface area (Å²) in [5.41, 5.74) is 1.34. The summed E-state index contributed by atoms with van der Waals surface area (Å²) < 4.78 is 32.5. The highest BCUT2D eigenvalue weighted by Gasteiger charge is 2.25. The van der Waals surface area contributed by atoms with Crippen LogP contribution in [0.5, 0.6) is 0 Å². The van der Waals surface area contributed by atoms with Gasteiger partial charge in [-0.05, 0) is 43.2 Å². The van der Waals surface area contributed by atoms with Gasteiger partial charge in [0.05, 0.1) is 23.2 Å². The van der Waals surface area contributed by atoms with E-state index in [1.807, 2.05) is 0 Å². The van der Waals surface area contributed by atoms with Gasteiger partial charge < -0.3 is 4.74 Å². The number of hydrogen-bond acceptors (Lipinski definition) is 5. The third kappa shape index (κ3) is 3.95. The maximum Gasteiger partial charge on any atom is 0.305 e. The minimum absolute atomic E-state index is 0.00617. The average Bonchev–Trinajstić information content (AvgIpc) is 2.99. The summed E-state index contributed by atoms with van der Waals surface area (Å²) in [4.78, 5) is 15.6. The summed E-state index contributed by atoms with van der Waals surface area (Å²) in [6.07, 6.45) is 0.944. The molecule has 0 spiro atoms. The molecule has 27 heavy (non-hydrogen) atoms. The second-order valence-electron chi connectivity index (χ2n) is 5.80. The highest BCUT2D eigenvalue weighted by atomic mass is 35.5. The number of benzene rings is 1. The van der Waals surface area contributed by atoms with Crippen molar-refractivity contribution in [2.75, 3.05) is 7.11 Å². The first-order valence-electron chi connectivity index (χ1n) is 8.08. The maximum atomic E-state index is 13.3. The van der Waals surface area contributed by atoms with Crippen LogP contribution < -0.4 is 0 Å². The number of esters is 1. The molecule has 0 radical (unpaired) electrons. The van der Waals surface area contributed by atoms with Crippen LogP contribution in [0.2, 0.25) is 10.2 Å². The lowest BCUT2D eigenvalue weighted by atomic mass is 10.2. The van der Waals surface area contributed by atoms with E-state index in [2.05, 4.69) is 9.72 Å². The standard InChI is InChI=1S/C18H16Cl2N2O4S/c1-26-18(23)8-4-5-12-11-14-15(9-10-17(20)21-14)22(12)27(24,25)16-7-3-2-6-13(16)19/h2-3,6-7,9-11H,4-5,8H2,1H3. The molecule has 0 unspecified atom stereocenters. The van der Waals surface area contributed by atoms with Gasteiger partial charge in [0.2, 0.25) is 0 Å². The summed E-state index contributed by atoms with van der Waals surface area (Å²) in [6.45, 7) is 0. The van der Waals surface area contributed by atoms with Gasteiger partial charge in [-0.25, -0.2) is 17.4 Å². The molecule has 2 aromatic heterocycles. The van der Waals surface area contributed by atoms with Crippen molar-refractivity contribution in [1.29, 1.82) is 0 Å². The van der Waals surface area contributed by atoms with Crippen LogP contribution in [-0.4, -0.2) is 30.5 Å². The molecule has 3 aromatic rings. The number of nitrogens with zero attached hydrogens (tertiary/aromatic N) is 2. The van der Waals surface area contributed by atoms with Crippen LogP contribution >= 0.6 is 23.2 Å². The smallest absolute Gasteiger partial charge is 0.305 e. The molecule has 0 amide bonds. The van der Waals surface area contributed by atoms with Gasteiger partial charge >= 0.3 is 5.97 Å². The number of halogens is 2. The molecule has 142 valence electrons. The molecule has 9 heteroatoms.